The average molecular weight is 372 g/mol. The van der Waals surface area contributed by atoms with E-state index < -0.39 is 0 Å². The number of hydrogen-bond donors (Lipinski definition) is 1. The highest BCUT2D eigenvalue weighted by molar-refractivity contribution is 5.95. The third kappa shape index (κ3) is 2.94. The van der Waals surface area contributed by atoms with Crippen LogP contribution in [-0.4, -0.2) is 44.6 Å². The normalized spacial score (nSPS) is 16.8. The lowest BCUT2D eigenvalue weighted by atomic mass is 10.2. The Bertz CT molecular complexity index is 1180. The Kier molecular flexibility index (Phi) is 3.93. The van der Waals surface area contributed by atoms with Crippen molar-refractivity contribution < 1.29 is 4.79 Å². The molecule has 0 aliphatic carbocycles. The molecule has 0 unspecified atom stereocenters. The number of aromatic nitrogens is 4. The molecule has 1 fully saturated rings. The molecule has 28 heavy (non-hydrogen) atoms. The van der Waals surface area contributed by atoms with Gasteiger partial charge in [-0.25, -0.2) is 14.5 Å². The number of hydrogen-bond acceptors (Lipinski definition) is 5. The van der Waals surface area contributed by atoms with E-state index in [2.05, 4.69) is 25.3 Å². The van der Waals surface area contributed by atoms with Crippen LogP contribution in [0.15, 0.2) is 54.7 Å². The largest absolute Gasteiger partial charge is 0.353 e. The standard InChI is InChI=1S/C21H20N6O/c1-14-12-22-19-8-9-20(25-27(14)19)26-11-10-16(13-26)23-21(28)18-7-6-15-4-2-3-5-17(15)24-18/h2-9,12,16H,10-11,13H2,1H3,(H,23,28)/t16-/m0/s1. The Hall–Kier alpha value is -3.48. The first-order valence-corrected chi connectivity index (χ1v) is 9.40. The number of nitrogens with zero attached hydrogens (tertiary/aromatic N) is 5. The van der Waals surface area contributed by atoms with Gasteiger partial charge in [-0.3, -0.25) is 4.79 Å². The number of para-hydroxylation sites is 1. The van der Waals surface area contributed by atoms with E-state index in [0.717, 1.165) is 47.6 Å². The van der Waals surface area contributed by atoms with Gasteiger partial charge in [0.05, 0.1) is 17.4 Å². The number of aryl methyl sites for hydroxylation is 1. The number of benzene rings is 1. The molecule has 0 spiro atoms. The maximum absolute atomic E-state index is 12.7. The average Bonchev–Trinajstić information content (AvgIpc) is 3.34. The van der Waals surface area contributed by atoms with Crippen LogP contribution >= 0.6 is 0 Å². The van der Waals surface area contributed by atoms with Crippen molar-refractivity contribution in [2.24, 2.45) is 0 Å². The van der Waals surface area contributed by atoms with Crippen molar-refractivity contribution >= 4 is 28.3 Å². The van der Waals surface area contributed by atoms with Crippen molar-refractivity contribution in [1.29, 1.82) is 0 Å². The summed E-state index contributed by atoms with van der Waals surface area (Å²) < 4.78 is 1.85. The van der Waals surface area contributed by atoms with Crippen molar-refractivity contribution in [2.75, 3.05) is 18.0 Å². The van der Waals surface area contributed by atoms with Gasteiger partial charge in [0.2, 0.25) is 0 Å². The Balaban J connectivity index is 1.29. The van der Waals surface area contributed by atoms with Crippen LogP contribution in [0.4, 0.5) is 5.82 Å². The molecule has 4 heterocycles. The molecule has 0 saturated carbocycles. The van der Waals surface area contributed by atoms with Gasteiger partial charge in [0.15, 0.2) is 5.65 Å². The van der Waals surface area contributed by atoms with E-state index in [1.807, 2.05) is 60.1 Å². The first-order valence-electron chi connectivity index (χ1n) is 9.40. The highest BCUT2D eigenvalue weighted by Gasteiger charge is 2.26. The van der Waals surface area contributed by atoms with Crippen molar-refractivity contribution in [1.82, 2.24) is 24.9 Å². The number of imidazole rings is 1. The summed E-state index contributed by atoms with van der Waals surface area (Å²) in [4.78, 5) is 23.6. The van der Waals surface area contributed by atoms with Crippen LogP contribution in [0.25, 0.3) is 16.6 Å². The quantitative estimate of drug-likeness (QED) is 0.598. The Morgan fingerprint density at radius 2 is 2.04 bits per heavy atom. The predicted octanol–water partition coefficient (Wildman–Crippen LogP) is 2.59. The molecule has 1 atom stereocenters. The minimum atomic E-state index is -0.133. The smallest absolute Gasteiger partial charge is 0.270 e. The van der Waals surface area contributed by atoms with Gasteiger partial charge < -0.3 is 10.2 Å². The van der Waals surface area contributed by atoms with E-state index in [1.165, 1.54) is 0 Å². The second-order valence-electron chi connectivity index (χ2n) is 7.16. The van der Waals surface area contributed by atoms with Gasteiger partial charge in [-0.2, -0.15) is 0 Å². The molecule has 7 nitrogen and oxygen atoms in total. The zero-order valence-corrected chi connectivity index (χ0v) is 15.5. The van der Waals surface area contributed by atoms with Gasteiger partial charge in [-0.15, -0.1) is 5.10 Å². The van der Waals surface area contributed by atoms with Gasteiger partial charge in [0.25, 0.3) is 5.91 Å². The van der Waals surface area contributed by atoms with E-state index in [9.17, 15) is 4.79 Å². The number of pyridine rings is 1. The summed E-state index contributed by atoms with van der Waals surface area (Å²) in [5.74, 6) is 0.764. The van der Waals surface area contributed by atoms with Crippen LogP contribution in [0.1, 0.15) is 22.6 Å². The second-order valence-corrected chi connectivity index (χ2v) is 7.16. The molecule has 140 valence electrons. The predicted molar refractivity (Wildman–Crippen MR) is 108 cm³/mol. The van der Waals surface area contributed by atoms with Crippen molar-refractivity contribution in [2.45, 2.75) is 19.4 Å². The van der Waals surface area contributed by atoms with Crippen LogP contribution < -0.4 is 10.2 Å². The Morgan fingerprint density at radius 3 is 2.96 bits per heavy atom. The lowest BCUT2D eigenvalue weighted by molar-refractivity contribution is 0.0935. The third-order valence-electron chi connectivity index (χ3n) is 5.20. The van der Waals surface area contributed by atoms with E-state index in [-0.39, 0.29) is 11.9 Å². The molecule has 3 aromatic heterocycles. The second kappa shape index (κ2) is 6.60. The van der Waals surface area contributed by atoms with E-state index >= 15 is 0 Å². The van der Waals surface area contributed by atoms with E-state index in [4.69, 9.17) is 0 Å². The summed E-state index contributed by atoms with van der Waals surface area (Å²) in [5, 5.41) is 8.82. The van der Waals surface area contributed by atoms with E-state index in [0.29, 0.717) is 5.69 Å². The molecular weight excluding hydrogens is 352 g/mol. The summed E-state index contributed by atoms with van der Waals surface area (Å²) in [6.07, 6.45) is 2.69. The summed E-state index contributed by atoms with van der Waals surface area (Å²) in [7, 11) is 0. The fourth-order valence-electron chi connectivity index (χ4n) is 3.68. The molecule has 7 heteroatoms. The van der Waals surface area contributed by atoms with Crippen LogP contribution in [0, 0.1) is 6.92 Å². The molecule has 1 amide bonds. The molecule has 1 saturated heterocycles. The molecule has 0 radical (unpaired) electrons. The number of amides is 1. The van der Waals surface area contributed by atoms with Gasteiger partial charge >= 0.3 is 0 Å². The number of carbonyl (C=O) groups excluding carboxylic acids is 1. The number of rotatable bonds is 3. The highest BCUT2D eigenvalue weighted by Crippen LogP contribution is 2.19. The van der Waals surface area contributed by atoms with Crippen molar-refractivity contribution in [3.8, 4) is 0 Å². The number of anilines is 1. The Morgan fingerprint density at radius 1 is 1.14 bits per heavy atom. The third-order valence-corrected chi connectivity index (χ3v) is 5.20. The van der Waals surface area contributed by atoms with Crippen LogP contribution in [-0.2, 0) is 0 Å². The minimum Gasteiger partial charge on any atom is -0.353 e. The first kappa shape index (κ1) is 16.7. The first-order chi connectivity index (χ1) is 13.7. The lowest BCUT2D eigenvalue weighted by Gasteiger charge is -2.18. The Labute approximate surface area is 162 Å². The molecule has 0 bridgehead atoms. The van der Waals surface area contributed by atoms with Gasteiger partial charge in [0.1, 0.15) is 11.5 Å². The maximum Gasteiger partial charge on any atom is 0.270 e. The summed E-state index contributed by atoms with van der Waals surface area (Å²) >= 11 is 0. The topological polar surface area (TPSA) is 75.4 Å². The monoisotopic (exact) mass is 372 g/mol. The van der Waals surface area contributed by atoms with Gasteiger partial charge in [-0.05, 0) is 37.6 Å². The molecule has 1 aliphatic rings. The molecule has 1 aliphatic heterocycles. The van der Waals surface area contributed by atoms with Crippen molar-refractivity contribution in [3.05, 3.63) is 66.1 Å². The summed E-state index contributed by atoms with van der Waals surface area (Å²) in [6, 6.07) is 15.5. The summed E-state index contributed by atoms with van der Waals surface area (Å²) in [5.41, 5.74) is 3.12. The zero-order chi connectivity index (χ0) is 19.1. The molecule has 1 N–H and O–H groups in total. The fraction of sp³-hybridized carbons (Fsp3) is 0.238. The van der Waals surface area contributed by atoms with Crippen LogP contribution in [0.3, 0.4) is 0 Å². The fourth-order valence-corrected chi connectivity index (χ4v) is 3.68. The SMILES string of the molecule is Cc1cnc2ccc(N3CC[C@H](NC(=O)c4ccc5ccccc5n4)C3)nn12. The molecule has 5 rings (SSSR count). The number of nitrogens with one attached hydrogen (secondary N) is 1. The maximum atomic E-state index is 12.7. The number of fused-ring (bicyclic) bond motifs is 2. The molecule has 1 aromatic carbocycles. The molecular formula is C21H20N6O. The highest BCUT2D eigenvalue weighted by atomic mass is 16.2. The number of carbonyl (C=O) groups is 1. The van der Waals surface area contributed by atoms with Crippen LogP contribution in [0.2, 0.25) is 0 Å². The van der Waals surface area contributed by atoms with Crippen molar-refractivity contribution in [3.63, 3.8) is 0 Å². The van der Waals surface area contributed by atoms with Gasteiger partial charge in [-0.1, -0.05) is 24.3 Å². The summed E-state index contributed by atoms with van der Waals surface area (Å²) in [6.45, 7) is 3.56. The van der Waals surface area contributed by atoms with Gasteiger partial charge in [0, 0.05) is 24.5 Å². The van der Waals surface area contributed by atoms with E-state index in [1.54, 1.807) is 6.07 Å². The minimum absolute atomic E-state index is 0.0714. The zero-order valence-electron chi connectivity index (χ0n) is 15.5. The molecule has 4 aromatic rings. The lowest BCUT2D eigenvalue weighted by Crippen LogP contribution is -2.37. The van der Waals surface area contributed by atoms with Crippen LogP contribution in [0.5, 0.6) is 0 Å².